The number of nitrogens with zero attached hydrogens (tertiary/aromatic N) is 3. The molecule has 20 heavy (non-hydrogen) atoms. The molecule has 0 spiro atoms. The van der Waals surface area contributed by atoms with E-state index >= 15 is 0 Å². The van der Waals surface area contributed by atoms with Crippen LogP contribution >= 0.6 is 0 Å². The van der Waals surface area contributed by atoms with Gasteiger partial charge in [0.15, 0.2) is 5.82 Å². The van der Waals surface area contributed by atoms with Crippen LogP contribution in [0, 0.1) is 0 Å². The second kappa shape index (κ2) is 8.37. The van der Waals surface area contributed by atoms with Gasteiger partial charge in [0.2, 0.25) is 0 Å². The monoisotopic (exact) mass is 279 g/mol. The van der Waals surface area contributed by atoms with Crippen molar-refractivity contribution in [1.82, 2.24) is 20.0 Å². The summed E-state index contributed by atoms with van der Waals surface area (Å²) in [7, 11) is 4.03. The molecule has 1 rings (SSSR count). The van der Waals surface area contributed by atoms with Crippen LogP contribution < -0.4 is 10.6 Å². The Morgan fingerprint density at radius 3 is 2.95 bits per heavy atom. The van der Waals surface area contributed by atoms with Crippen molar-refractivity contribution in [2.24, 2.45) is 0 Å². The van der Waals surface area contributed by atoms with Crippen molar-refractivity contribution in [2.45, 2.75) is 32.4 Å². The number of hydrogen-bond acceptors (Lipinski definition) is 3. The predicted molar refractivity (Wildman–Crippen MR) is 81.8 cm³/mol. The topological polar surface area (TPSA) is 62.2 Å². The van der Waals surface area contributed by atoms with E-state index < -0.39 is 0 Å². The van der Waals surface area contributed by atoms with Gasteiger partial charge in [-0.3, -0.25) is 10.00 Å². The average Bonchev–Trinajstić information content (AvgIpc) is 2.83. The summed E-state index contributed by atoms with van der Waals surface area (Å²) in [4.78, 5) is 13.9. The van der Waals surface area contributed by atoms with Crippen molar-refractivity contribution in [3.05, 3.63) is 24.9 Å². The molecule has 1 heterocycles. The van der Waals surface area contributed by atoms with Gasteiger partial charge in [0.05, 0.1) is 6.54 Å². The Balaban J connectivity index is 2.43. The Labute approximate surface area is 120 Å². The largest absolute Gasteiger partial charge is 0.335 e. The molecule has 6 heteroatoms. The molecule has 0 aliphatic rings. The molecule has 0 radical (unpaired) electrons. The van der Waals surface area contributed by atoms with Crippen LogP contribution in [-0.4, -0.2) is 47.4 Å². The average molecular weight is 279 g/mol. The van der Waals surface area contributed by atoms with Crippen molar-refractivity contribution in [2.75, 3.05) is 26.0 Å². The Morgan fingerprint density at radius 1 is 1.60 bits per heavy atom. The van der Waals surface area contributed by atoms with E-state index in [1.165, 1.54) is 0 Å². The van der Waals surface area contributed by atoms with E-state index in [0.717, 1.165) is 25.9 Å². The zero-order valence-corrected chi connectivity index (χ0v) is 12.6. The Bertz CT molecular complexity index is 427. The fourth-order valence-electron chi connectivity index (χ4n) is 1.72. The number of hydrogen-bond donors (Lipinski definition) is 2. The minimum absolute atomic E-state index is 0.114. The molecule has 0 aromatic carbocycles. The number of urea groups is 1. The van der Waals surface area contributed by atoms with Crippen LogP contribution in [0.4, 0.5) is 10.6 Å². The molecular weight excluding hydrogens is 254 g/mol. The van der Waals surface area contributed by atoms with Gasteiger partial charge in [-0.15, -0.1) is 6.58 Å². The zero-order valence-electron chi connectivity index (χ0n) is 12.6. The summed E-state index contributed by atoms with van der Waals surface area (Å²) < 4.78 is 1.82. The first kappa shape index (κ1) is 16.2. The van der Waals surface area contributed by atoms with Gasteiger partial charge in [0.1, 0.15) is 0 Å². The maximum atomic E-state index is 11.8. The molecule has 2 N–H and O–H groups in total. The lowest BCUT2D eigenvalue weighted by Crippen LogP contribution is -2.37. The van der Waals surface area contributed by atoms with Crippen molar-refractivity contribution in [3.63, 3.8) is 0 Å². The van der Waals surface area contributed by atoms with E-state index in [9.17, 15) is 4.79 Å². The number of amides is 2. The van der Waals surface area contributed by atoms with Gasteiger partial charge in [0, 0.05) is 24.8 Å². The number of anilines is 1. The minimum Gasteiger partial charge on any atom is -0.335 e. The van der Waals surface area contributed by atoms with Crippen LogP contribution in [0.5, 0.6) is 0 Å². The number of aromatic nitrogens is 2. The highest BCUT2D eigenvalue weighted by Crippen LogP contribution is 2.04. The summed E-state index contributed by atoms with van der Waals surface area (Å²) in [6, 6.07) is 1.68. The van der Waals surface area contributed by atoms with E-state index in [0.29, 0.717) is 5.82 Å². The molecule has 1 aromatic heterocycles. The number of carbonyl (C=O) groups is 1. The Morgan fingerprint density at radius 2 is 2.35 bits per heavy atom. The molecule has 1 atom stereocenters. The number of likely N-dealkylation sites (N-methyl/N-ethyl adjacent to an activating group) is 1. The zero-order chi connectivity index (χ0) is 15.0. The molecule has 0 aliphatic heterocycles. The van der Waals surface area contributed by atoms with E-state index in [2.05, 4.69) is 27.2 Å². The number of nitrogens with one attached hydrogen (secondary N) is 2. The molecule has 0 saturated carbocycles. The third kappa shape index (κ3) is 5.88. The summed E-state index contributed by atoms with van der Waals surface area (Å²) in [6.45, 7) is 7.42. The third-order valence-corrected chi connectivity index (χ3v) is 2.94. The van der Waals surface area contributed by atoms with E-state index in [1.54, 1.807) is 6.07 Å². The number of carbonyl (C=O) groups excluding carboxylic acids is 1. The summed E-state index contributed by atoms with van der Waals surface area (Å²) in [6.07, 6.45) is 5.31. The predicted octanol–water partition coefficient (Wildman–Crippen LogP) is 1.92. The minimum atomic E-state index is -0.225. The quantitative estimate of drug-likeness (QED) is 0.715. The molecule has 0 aliphatic carbocycles. The molecule has 0 saturated heterocycles. The molecule has 6 nitrogen and oxygen atoms in total. The van der Waals surface area contributed by atoms with E-state index in [1.807, 2.05) is 38.0 Å². The molecule has 112 valence electrons. The van der Waals surface area contributed by atoms with Crippen molar-refractivity contribution < 1.29 is 4.79 Å². The van der Waals surface area contributed by atoms with Gasteiger partial charge < -0.3 is 10.2 Å². The molecular formula is C14H25N5O. The van der Waals surface area contributed by atoms with Crippen LogP contribution in [0.15, 0.2) is 24.9 Å². The van der Waals surface area contributed by atoms with Crippen LogP contribution in [0.25, 0.3) is 0 Å². The second-order valence-electron chi connectivity index (χ2n) is 5.00. The smallest absolute Gasteiger partial charge is 0.320 e. The van der Waals surface area contributed by atoms with E-state index in [4.69, 9.17) is 0 Å². The summed E-state index contributed by atoms with van der Waals surface area (Å²) in [5, 5.41) is 9.94. The normalized spacial score (nSPS) is 12.2. The lowest BCUT2D eigenvalue weighted by molar-refractivity contribution is 0.248. The first-order chi connectivity index (χ1) is 9.55. The molecule has 0 bridgehead atoms. The summed E-state index contributed by atoms with van der Waals surface area (Å²) in [5.74, 6) is 0.565. The Kier molecular flexibility index (Phi) is 6.79. The first-order valence-electron chi connectivity index (χ1n) is 6.91. The highest BCUT2D eigenvalue weighted by molar-refractivity contribution is 5.88. The lowest BCUT2D eigenvalue weighted by Gasteiger charge is -2.14. The van der Waals surface area contributed by atoms with Crippen LogP contribution in [0.3, 0.4) is 0 Å². The summed E-state index contributed by atoms with van der Waals surface area (Å²) in [5.41, 5.74) is 0. The second-order valence-corrected chi connectivity index (χ2v) is 5.00. The van der Waals surface area contributed by atoms with Gasteiger partial charge in [-0.05, 0) is 26.9 Å². The standard InChI is InChI=1S/C14H25N5O/c1-5-7-12(6-2)15-14(20)16-13-8-9-19(17-13)11-10-18(3)4/h5,8-9,12H,1,6-7,10-11H2,2-4H3,(H2,15,16,17,20)/t12-/m1/s1. The van der Waals surface area contributed by atoms with Crippen molar-refractivity contribution in [3.8, 4) is 0 Å². The molecule has 0 unspecified atom stereocenters. The van der Waals surface area contributed by atoms with Crippen molar-refractivity contribution >= 4 is 11.8 Å². The molecule has 1 aromatic rings. The van der Waals surface area contributed by atoms with E-state index in [-0.39, 0.29) is 12.1 Å². The van der Waals surface area contributed by atoms with Crippen LogP contribution in [0.1, 0.15) is 19.8 Å². The lowest BCUT2D eigenvalue weighted by atomic mass is 10.1. The van der Waals surface area contributed by atoms with Gasteiger partial charge in [-0.2, -0.15) is 5.10 Å². The SMILES string of the molecule is C=CC[C@@H](CC)NC(=O)Nc1ccn(CCN(C)C)n1. The molecule has 0 fully saturated rings. The fraction of sp³-hybridized carbons (Fsp3) is 0.571. The maximum absolute atomic E-state index is 11.8. The van der Waals surface area contributed by atoms with Gasteiger partial charge in [-0.1, -0.05) is 13.0 Å². The fourth-order valence-corrected chi connectivity index (χ4v) is 1.72. The maximum Gasteiger partial charge on any atom is 0.320 e. The van der Waals surface area contributed by atoms with Crippen LogP contribution in [0.2, 0.25) is 0 Å². The first-order valence-corrected chi connectivity index (χ1v) is 6.91. The van der Waals surface area contributed by atoms with Gasteiger partial charge >= 0.3 is 6.03 Å². The molecule has 2 amide bonds. The highest BCUT2D eigenvalue weighted by atomic mass is 16.2. The highest BCUT2D eigenvalue weighted by Gasteiger charge is 2.10. The summed E-state index contributed by atoms with van der Waals surface area (Å²) >= 11 is 0. The van der Waals surface area contributed by atoms with Gasteiger partial charge in [-0.25, -0.2) is 4.79 Å². The van der Waals surface area contributed by atoms with Crippen LogP contribution in [-0.2, 0) is 6.54 Å². The third-order valence-electron chi connectivity index (χ3n) is 2.94. The Hall–Kier alpha value is -1.82. The van der Waals surface area contributed by atoms with Crippen molar-refractivity contribution in [1.29, 1.82) is 0 Å². The van der Waals surface area contributed by atoms with Gasteiger partial charge in [0.25, 0.3) is 0 Å². The number of rotatable bonds is 8.